The quantitative estimate of drug-likeness (QED) is 0.155. The average Bonchev–Trinajstić information content (AvgIpc) is 3.22. The molecule has 3 amide bonds. The zero-order chi connectivity index (χ0) is 40.6. The van der Waals surface area contributed by atoms with E-state index in [4.69, 9.17) is 46.9 Å². The second-order valence-electron chi connectivity index (χ2n) is 14.2. The molecule has 0 bridgehead atoms. The Bertz CT molecular complexity index is 1860. The summed E-state index contributed by atoms with van der Waals surface area (Å²) in [4.78, 5) is 50.8. The van der Waals surface area contributed by atoms with Crippen molar-refractivity contribution < 1.29 is 38.1 Å². The summed E-state index contributed by atoms with van der Waals surface area (Å²) in [5.74, 6) is 1.26. The highest BCUT2D eigenvalue weighted by Crippen LogP contribution is 2.19. The van der Waals surface area contributed by atoms with E-state index in [0.29, 0.717) is 54.3 Å². The lowest BCUT2D eigenvalue weighted by atomic mass is 10.2. The number of hydrogen-bond acceptors (Lipinski definition) is 11. The predicted molar refractivity (Wildman–Crippen MR) is 229 cm³/mol. The van der Waals surface area contributed by atoms with Gasteiger partial charge in [-0.3, -0.25) is 19.8 Å². The largest absolute Gasteiger partial charge is 0.490 e. The second kappa shape index (κ2) is 24.4. The first-order valence-electron chi connectivity index (χ1n) is 18.5. The molecule has 2 aliphatic heterocycles. The summed E-state index contributed by atoms with van der Waals surface area (Å²) in [7, 11) is 0. The monoisotopic (exact) mass is 894 g/mol. The van der Waals surface area contributed by atoms with Gasteiger partial charge in [0.1, 0.15) is 43.5 Å². The van der Waals surface area contributed by atoms with Gasteiger partial charge >= 0.3 is 18.3 Å². The zero-order valence-electron chi connectivity index (χ0n) is 33.0. The van der Waals surface area contributed by atoms with Crippen molar-refractivity contribution >= 4 is 66.3 Å². The van der Waals surface area contributed by atoms with Crippen LogP contribution in [0.5, 0.6) is 11.5 Å². The summed E-state index contributed by atoms with van der Waals surface area (Å²) in [6.45, 7) is 9.26. The Morgan fingerprint density at radius 3 is 1.66 bits per heavy atom. The van der Waals surface area contributed by atoms with Gasteiger partial charge in [-0.25, -0.2) is 14.4 Å². The van der Waals surface area contributed by atoms with Crippen LogP contribution in [0.4, 0.5) is 14.4 Å². The number of nitrogens with one attached hydrogen (secondary N) is 1. The number of halogens is 4. The summed E-state index contributed by atoms with van der Waals surface area (Å²) in [6.07, 6.45) is 5.36. The van der Waals surface area contributed by atoms with Gasteiger partial charge < -0.3 is 33.9 Å². The third-order valence-electron chi connectivity index (χ3n) is 8.66. The van der Waals surface area contributed by atoms with Crippen LogP contribution in [0.25, 0.3) is 0 Å². The van der Waals surface area contributed by atoms with Crippen molar-refractivity contribution in [1.82, 2.24) is 30.0 Å². The van der Waals surface area contributed by atoms with Gasteiger partial charge in [0, 0.05) is 61.7 Å². The molecule has 6 rings (SSSR count). The van der Waals surface area contributed by atoms with Crippen molar-refractivity contribution in [3.05, 3.63) is 119 Å². The topological polar surface area (TPSA) is 145 Å². The number of piperazine rings is 2. The van der Waals surface area contributed by atoms with Crippen LogP contribution in [0.15, 0.2) is 97.6 Å². The molecule has 2 fully saturated rings. The van der Waals surface area contributed by atoms with Crippen molar-refractivity contribution in [3.63, 3.8) is 0 Å². The Hall–Kier alpha value is -4.73. The van der Waals surface area contributed by atoms with Crippen LogP contribution in [-0.4, -0.2) is 113 Å². The highest BCUT2D eigenvalue weighted by atomic mass is 35.5. The molecule has 4 heterocycles. The maximum atomic E-state index is 12.8. The van der Waals surface area contributed by atoms with Gasteiger partial charge in [-0.15, -0.1) is 24.8 Å². The molecule has 2 atom stereocenters. The van der Waals surface area contributed by atoms with Crippen LogP contribution >= 0.6 is 48.0 Å². The van der Waals surface area contributed by atoms with Gasteiger partial charge in [0.15, 0.2) is 0 Å². The van der Waals surface area contributed by atoms with Gasteiger partial charge in [-0.1, -0.05) is 47.5 Å². The molecule has 320 valence electrons. The summed E-state index contributed by atoms with van der Waals surface area (Å²) in [5.41, 5.74) is 1.13. The highest BCUT2D eigenvalue weighted by molar-refractivity contribution is 6.30. The molecule has 2 unspecified atom stereocenters. The van der Waals surface area contributed by atoms with Gasteiger partial charge in [-0.2, -0.15) is 0 Å². The van der Waals surface area contributed by atoms with E-state index in [9.17, 15) is 14.4 Å². The Morgan fingerprint density at radius 2 is 1.19 bits per heavy atom. The number of carbonyl (C=O) groups excluding carboxylic acids is 3. The fourth-order valence-electron chi connectivity index (χ4n) is 5.75. The van der Waals surface area contributed by atoms with Crippen LogP contribution in [0.1, 0.15) is 31.9 Å². The normalized spacial score (nSPS) is 16.2. The molecule has 4 aromatic rings. The van der Waals surface area contributed by atoms with Crippen molar-refractivity contribution in [1.29, 1.82) is 0 Å². The maximum absolute atomic E-state index is 12.8. The number of rotatable bonds is 10. The molecule has 0 saturated carbocycles. The van der Waals surface area contributed by atoms with Gasteiger partial charge in [0.05, 0.1) is 24.5 Å². The highest BCUT2D eigenvalue weighted by Gasteiger charge is 2.36. The zero-order valence-corrected chi connectivity index (χ0v) is 36.2. The smallest absolute Gasteiger partial charge is 0.410 e. The van der Waals surface area contributed by atoms with Crippen molar-refractivity contribution in [2.45, 2.75) is 51.7 Å². The van der Waals surface area contributed by atoms with E-state index in [2.05, 4.69) is 15.3 Å². The molecule has 2 aromatic carbocycles. The SMILES string of the molecule is CC(C)(C)OC(=O)N1CCN(C(=O)OCc2ccc(Cl)cc2)C(COc2cccnc2)C1.Cl.Cl.O=C(OCc1ccc(Cl)cc1)N1CCNCC1COc1cccnc1. The predicted octanol–water partition coefficient (Wildman–Crippen LogP) is 7.94. The molecule has 2 aromatic heterocycles. The number of ether oxygens (including phenoxy) is 5. The second-order valence-corrected chi connectivity index (χ2v) is 15.1. The lowest BCUT2D eigenvalue weighted by Crippen LogP contribution is -2.59. The van der Waals surface area contributed by atoms with Crippen molar-refractivity contribution in [2.24, 2.45) is 0 Å². The van der Waals surface area contributed by atoms with E-state index >= 15 is 0 Å². The Labute approximate surface area is 367 Å². The number of carbonyl (C=O) groups is 3. The molecule has 0 spiro atoms. The van der Waals surface area contributed by atoms with E-state index in [1.165, 1.54) is 0 Å². The number of hydrogen-bond donors (Lipinski definition) is 1. The summed E-state index contributed by atoms with van der Waals surface area (Å²) < 4.78 is 28.0. The average molecular weight is 897 g/mol. The number of benzene rings is 2. The van der Waals surface area contributed by atoms with E-state index in [0.717, 1.165) is 17.7 Å². The van der Waals surface area contributed by atoms with Crippen molar-refractivity contribution in [2.75, 3.05) is 52.5 Å². The summed E-state index contributed by atoms with van der Waals surface area (Å²) in [6, 6.07) is 21.0. The number of amides is 3. The Balaban J connectivity index is 0.000000313. The molecule has 18 heteroatoms. The standard InChI is InChI=1S/C23H28ClN3O5.C18H20ClN3O3.2ClH/c1-23(2,3)32-21(28)26-11-12-27(19(14-26)16-30-20-5-4-10-25-13-20)22(29)31-15-17-6-8-18(24)9-7-17;19-15-5-3-14(4-6-15)12-25-18(23)22-9-8-21-10-16(22)13-24-17-2-1-7-20-11-17;;/h4-10,13,19H,11-12,14-16H2,1-3H3;1-7,11,16,21H,8-10,12-13H2;2*1H. The Kier molecular flexibility index (Phi) is 20.1. The first-order chi connectivity index (χ1) is 27.4. The first kappa shape index (κ1) is 48.6. The molecular weight excluding hydrogens is 846 g/mol. The summed E-state index contributed by atoms with van der Waals surface area (Å²) in [5, 5.41) is 4.55. The fourth-order valence-corrected chi connectivity index (χ4v) is 6.00. The molecule has 2 saturated heterocycles. The molecule has 0 radical (unpaired) electrons. The number of pyridine rings is 2. The van der Waals surface area contributed by atoms with Gasteiger partial charge in [-0.05, 0) is 80.4 Å². The third-order valence-corrected chi connectivity index (χ3v) is 9.16. The first-order valence-corrected chi connectivity index (χ1v) is 19.3. The molecule has 14 nitrogen and oxygen atoms in total. The minimum atomic E-state index is -0.604. The lowest BCUT2D eigenvalue weighted by Gasteiger charge is -2.40. The third kappa shape index (κ3) is 16.4. The van der Waals surface area contributed by atoms with Crippen LogP contribution in [0, 0.1) is 0 Å². The number of aromatic nitrogens is 2. The van der Waals surface area contributed by atoms with E-state index < -0.39 is 23.8 Å². The molecule has 1 N–H and O–H groups in total. The van der Waals surface area contributed by atoms with E-state index in [1.807, 2.05) is 45.0 Å². The van der Waals surface area contributed by atoms with Crippen LogP contribution in [0.3, 0.4) is 0 Å². The maximum Gasteiger partial charge on any atom is 0.410 e. The van der Waals surface area contributed by atoms with E-state index in [-0.39, 0.29) is 63.3 Å². The molecule has 2 aliphatic rings. The van der Waals surface area contributed by atoms with E-state index in [1.54, 1.807) is 88.0 Å². The van der Waals surface area contributed by atoms with Gasteiger partial charge in [0.2, 0.25) is 0 Å². The van der Waals surface area contributed by atoms with Crippen molar-refractivity contribution in [3.8, 4) is 11.5 Å². The molecular formula is C41H50Cl4N6O8. The summed E-state index contributed by atoms with van der Waals surface area (Å²) >= 11 is 11.8. The molecule has 59 heavy (non-hydrogen) atoms. The number of nitrogens with zero attached hydrogens (tertiary/aromatic N) is 5. The molecule has 0 aliphatic carbocycles. The minimum absolute atomic E-state index is 0. The lowest BCUT2D eigenvalue weighted by molar-refractivity contribution is -0.00498. The fraction of sp³-hybridized carbons (Fsp3) is 0.390. The Morgan fingerprint density at radius 1 is 0.695 bits per heavy atom. The minimum Gasteiger partial charge on any atom is -0.490 e. The van der Waals surface area contributed by atoms with Gasteiger partial charge in [0.25, 0.3) is 0 Å². The van der Waals surface area contributed by atoms with Crippen LogP contribution in [0.2, 0.25) is 10.0 Å². The van der Waals surface area contributed by atoms with Crippen LogP contribution < -0.4 is 14.8 Å². The van der Waals surface area contributed by atoms with Crippen LogP contribution in [-0.2, 0) is 27.4 Å².